The summed E-state index contributed by atoms with van der Waals surface area (Å²) in [4.78, 5) is 30.5. The zero-order chi connectivity index (χ0) is 23.2. The van der Waals surface area contributed by atoms with E-state index in [1.807, 2.05) is 13.0 Å². The predicted octanol–water partition coefficient (Wildman–Crippen LogP) is 2.43. The van der Waals surface area contributed by atoms with Crippen LogP contribution in [0.5, 0.6) is 0 Å². The van der Waals surface area contributed by atoms with Crippen LogP contribution < -0.4 is 21.5 Å². The number of carbonyl (C=O) groups is 1. The van der Waals surface area contributed by atoms with Gasteiger partial charge in [-0.05, 0) is 57.6 Å². The Morgan fingerprint density at radius 2 is 2.12 bits per heavy atom. The number of hydrogen-bond acceptors (Lipinski definition) is 7. The summed E-state index contributed by atoms with van der Waals surface area (Å²) >= 11 is 0. The Bertz CT molecular complexity index is 1260. The van der Waals surface area contributed by atoms with E-state index in [4.69, 9.17) is 0 Å². The van der Waals surface area contributed by atoms with Crippen molar-refractivity contribution in [2.75, 3.05) is 17.7 Å². The molecule has 3 heterocycles. The number of carbonyl (C=O) groups excluding carboxylic acids is 1. The first-order valence-corrected chi connectivity index (χ1v) is 11.4. The molecule has 3 aromatic rings. The van der Waals surface area contributed by atoms with Gasteiger partial charge in [0.2, 0.25) is 0 Å². The highest BCUT2D eigenvalue weighted by atomic mass is 16.3. The minimum Gasteiger partial charge on any atom is -0.390 e. The molecule has 2 aliphatic rings. The maximum Gasteiger partial charge on any atom is 0.274 e. The first-order valence-electron chi connectivity index (χ1n) is 11.4. The molecule has 0 aliphatic heterocycles. The first-order chi connectivity index (χ1) is 15.8. The molecule has 10 heteroatoms. The van der Waals surface area contributed by atoms with Gasteiger partial charge in [-0.3, -0.25) is 9.59 Å². The summed E-state index contributed by atoms with van der Waals surface area (Å²) in [6, 6.07) is 5.43. The van der Waals surface area contributed by atoms with Gasteiger partial charge in [-0.2, -0.15) is 9.61 Å². The summed E-state index contributed by atoms with van der Waals surface area (Å²) < 4.78 is 3.27. The van der Waals surface area contributed by atoms with Crippen LogP contribution in [0.2, 0.25) is 0 Å². The lowest BCUT2D eigenvalue weighted by molar-refractivity contribution is 0.00334. The molecular formula is C23H29N7O3. The van der Waals surface area contributed by atoms with Crippen molar-refractivity contribution in [1.82, 2.24) is 24.5 Å². The zero-order valence-electron chi connectivity index (χ0n) is 18.8. The summed E-state index contributed by atoms with van der Waals surface area (Å²) in [6.07, 6.45) is 8.27. The van der Waals surface area contributed by atoms with E-state index in [0.717, 1.165) is 32.1 Å². The standard InChI is InChI=1S/C23H29N7O3/c1-23(33)9-3-5-15(12-23)29-10-4-6-17(22(29)32)27-18-11-19(24-2)30-20(28-18)16(13-25-30)21(31)26-14-7-8-14/h4,6,10-11,13-15,24,33H,3,5,7-9,12H2,1-2H3,(H,26,31)(H,27,28)/t15-,23+/m0/s1. The van der Waals surface area contributed by atoms with E-state index in [1.165, 1.54) is 6.20 Å². The molecule has 1 amide bonds. The predicted molar refractivity (Wildman–Crippen MR) is 125 cm³/mol. The lowest BCUT2D eigenvalue weighted by Crippen LogP contribution is -2.36. The number of nitrogens with zero attached hydrogens (tertiary/aromatic N) is 4. The molecule has 3 aromatic heterocycles. The second-order valence-corrected chi connectivity index (χ2v) is 9.32. The summed E-state index contributed by atoms with van der Waals surface area (Å²) in [6.45, 7) is 1.83. The highest BCUT2D eigenvalue weighted by Gasteiger charge is 2.31. The second-order valence-electron chi connectivity index (χ2n) is 9.32. The van der Waals surface area contributed by atoms with Crippen molar-refractivity contribution >= 4 is 28.9 Å². The van der Waals surface area contributed by atoms with Gasteiger partial charge in [0.05, 0.1) is 11.8 Å². The number of pyridine rings is 1. The number of rotatable bonds is 6. The number of nitrogens with one attached hydrogen (secondary N) is 3. The van der Waals surface area contributed by atoms with E-state index in [2.05, 4.69) is 26.0 Å². The molecule has 0 saturated heterocycles. The summed E-state index contributed by atoms with van der Waals surface area (Å²) in [5.41, 5.74) is 0.233. The molecule has 2 atom stereocenters. The molecule has 4 N–H and O–H groups in total. The fraction of sp³-hybridized carbons (Fsp3) is 0.478. The van der Waals surface area contributed by atoms with Crippen LogP contribution in [-0.2, 0) is 0 Å². The van der Waals surface area contributed by atoms with Gasteiger partial charge in [-0.15, -0.1) is 0 Å². The second kappa shape index (κ2) is 8.18. The molecule has 174 valence electrons. The molecule has 0 aromatic carbocycles. The zero-order valence-corrected chi connectivity index (χ0v) is 18.8. The van der Waals surface area contributed by atoms with Crippen molar-refractivity contribution in [3.63, 3.8) is 0 Å². The van der Waals surface area contributed by atoms with Crippen molar-refractivity contribution in [3.05, 3.63) is 46.5 Å². The topological polar surface area (TPSA) is 126 Å². The number of aromatic nitrogens is 4. The third-order valence-corrected chi connectivity index (χ3v) is 6.44. The van der Waals surface area contributed by atoms with Crippen LogP contribution in [-0.4, -0.2) is 48.9 Å². The number of amides is 1. The molecule has 0 unspecified atom stereocenters. The molecule has 0 bridgehead atoms. The third-order valence-electron chi connectivity index (χ3n) is 6.44. The number of hydrogen-bond donors (Lipinski definition) is 4. The summed E-state index contributed by atoms with van der Waals surface area (Å²) in [7, 11) is 1.76. The monoisotopic (exact) mass is 451 g/mol. The summed E-state index contributed by atoms with van der Waals surface area (Å²) in [5, 5.41) is 23.9. The van der Waals surface area contributed by atoms with Crippen LogP contribution in [0.25, 0.3) is 5.65 Å². The fourth-order valence-electron chi connectivity index (χ4n) is 4.55. The largest absolute Gasteiger partial charge is 0.390 e. The van der Waals surface area contributed by atoms with Crippen molar-refractivity contribution < 1.29 is 9.90 Å². The Morgan fingerprint density at radius 1 is 1.30 bits per heavy atom. The van der Waals surface area contributed by atoms with Gasteiger partial charge >= 0.3 is 0 Å². The first kappa shape index (κ1) is 21.4. The molecule has 0 spiro atoms. The van der Waals surface area contributed by atoms with Crippen molar-refractivity contribution in [1.29, 1.82) is 0 Å². The van der Waals surface area contributed by atoms with Crippen LogP contribution in [0.1, 0.15) is 61.8 Å². The lowest BCUT2D eigenvalue weighted by Gasteiger charge is -2.34. The highest BCUT2D eigenvalue weighted by molar-refractivity contribution is 6.00. The highest BCUT2D eigenvalue weighted by Crippen LogP contribution is 2.34. The van der Waals surface area contributed by atoms with Gasteiger partial charge < -0.3 is 25.6 Å². The van der Waals surface area contributed by atoms with Crippen LogP contribution >= 0.6 is 0 Å². The van der Waals surface area contributed by atoms with E-state index >= 15 is 0 Å². The molecule has 0 radical (unpaired) electrons. The van der Waals surface area contributed by atoms with Gasteiger partial charge in [0, 0.05) is 31.4 Å². The molecule has 10 nitrogen and oxygen atoms in total. The Hall–Kier alpha value is -3.40. The maximum absolute atomic E-state index is 13.2. The number of anilines is 3. The van der Waals surface area contributed by atoms with Crippen LogP contribution in [0.15, 0.2) is 35.4 Å². The minimum atomic E-state index is -0.764. The van der Waals surface area contributed by atoms with Crippen molar-refractivity contribution in [2.24, 2.45) is 0 Å². The SMILES string of the molecule is CNc1cc(Nc2cccn([C@H]3CCC[C@@](C)(O)C3)c2=O)nc2c(C(=O)NC3CC3)cnn12. The van der Waals surface area contributed by atoms with Gasteiger partial charge in [-0.1, -0.05) is 0 Å². The van der Waals surface area contributed by atoms with Crippen LogP contribution in [0.3, 0.4) is 0 Å². The molecule has 2 fully saturated rings. The molecule has 2 aliphatic carbocycles. The van der Waals surface area contributed by atoms with Gasteiger partial charge in [0.15, 0.2) is 5.65 Å². The van der Waals surface area contributed by atoms with E-state index < -0.39 is 5.60 Å². The Labute approximate surface area is 191 Å². The minimum absolute atomic E-state index is 0.0566. The average molecular weight is 452 g/mol. The van der Waals surface area contributed by atoms with Crippen LogP contribution in [0, 0.1) is 0 Å². The Morgan fingerprint density at radius 3 is 2.85 bits per heavy atom. The van der Waals surface area contributed by atoms with Gasteiger partial charge in [0.25, 0.3) is 11.5 Å². The normalized spacial score (nSPS) is 22.8. The van der Waals surface area contributed by atoms with E-state index in [-0.39, 0.29) is 23.6 Å². The Balaban J connectivity index is 1.47. The molecule has 2 saturated carbocycles. The number of fused-ring (bicyclic) bond motifs is 1. The Kier molecular flexibility index (Phi) is 5.32. The van der Waals surface area contributed by atoms with Crippen LogP contribution in [0.4, 0.5) is 17.3 Å². The lowest BCUT2D eigenvalue weighted by atomic mass is 9.83. The van der Waals surface area contributed by atoms with E-state index in [1.54, 1.807) is 34.5 Å². The quantitative estimate of drug-likeness (QED) is 0.453. The van der Waals surface area contributed by atoms with E-state index in [9.17, 15) is 14.7 Å². The van der Waals surface area contributed by atoms with Crippen molar-refractivity contribution in [2.45, 2.75) is 63.1 Å². The van der Waals surface area contributed by atoms with E-state index in [0.29, 0.717) is 35.0 Å². The van der Waals surface area contributed by atoms with Gasteiger partial charge in [0.1, 0.15) is 22.9 Å². The molecule has 33 heavy (non-hydrogen) atoms. The number of aliphatic hydroxyl groups is 1. The fourth-order valence-corrected chi connectivity index (χ4v) is 4.55. The van der Waals surface area contributed by atoms with Crippen molar-refractivity contribution in [3.8, 4) is 0 Å². The van der Waals surface area contributed by atoms with Gasteiger partial charge in [-0.25, -0.2) is 4.98 Å². The molecule has 5 rings (SSSR count). The smallest absolute Gasteiger partial charge is 0.274 e. The average Bonchev–Trinajstić information content (AvgIpc) is 3.49. The molecular weight excluding hydrogens is 422 g/mol. The third kappa shape index (κ3) is 4.30. The maximum atomic E-state index is 13.2. The summed E-state index contributed by atoms with van der Waals surface area (Å²) in [5.74, 6) is 0.858.